The number of carboxylic acid groups (broad SMARTS) is 1. The predicted molar refractivity (Wildman–Crippen MR) is 77.3 cm³/mol. The summed E-state index contributed by atoms with van der Waals surface area (Å²) in [6.45, 7) is 0. The topological polar surface area (TPSA) is 78.9 Å². The Balaban J connectivity index is 2.11. The molecule has 1 atom stereocenters. The number of nitrogens with zero attached hydrogens (tertiary/aromatic N) is 2. The number of nitrogens with one attached hydrogen (secondary N) is 1. The standard InChI is InChI=1S/C13H12IN3O2/c14-7-4-5-15-10(6-7)8-2-1-3-9-11(8)12(13(18)19)17-16-9/h4-6,8H,1-3H2,(H,16,17)(H,18,19). The number of aromatic nitrogens is 3. The largest absolute Gasteiger partial charge is 0.476 e. The number of pyridine rings is 1. The third kappa shape index (κ3) is 2.24. The Labute approximate surface area is 123 Å². The number of hydrogen-bond donors (Lipinski definition) is 2. The van der Waals surface area contributed by atoms with E-state index in [-0.39, 0.29) is 11.6 Å². The zero-order valence-corrected chi connectivity index (χ0v) is 12.2. The Morgan fingerprint density at radius 2 is 2.37 bits per heavy atom. The highest BCUT2D eigenvalue weighted by Crippen LogP contribution is 2.37. The number of H-pyrrole nitrogens is 1. The summed E-state index contributed by atoms with van der Waals surface area (Å²) >= 11 is 2.24. The van der Waals surface area contributed by atoms with Crippen LogP contribution in [0.1, 0.15) is 46.2 Å². The average Bonchev–Trinajstić information content (AvgIpc) is 2.82. The minimum Gasteiger partial charge on any atom is -0.476 e. The highest BCUT2D eigenvalue weighted by molar-refractivity contribution is 14.1. The molecule has 98 valence electrons. The monoisotopic (exact) mass is 369 g/mol. The summed E-state index contributed by atoms with van der Waals surface area (Å²) in [6, 6.07) is 3.94. The van der Waals surface area contributed by atoms with Gasteiger partial charge in [-0.05, 0) is 54.0 Å². The van der Waals surface area contributed by atoms with Gasteiger partial charge in [-0.15, -0.1) is 0 Å². The van der Waals surface area contributed by atoms with Gasteiger partial charge in [-0.1, -0.05) is 0 Å². The van der Waals surface area contributed by atoms with E-state index in [9.17, 15) is 9.90 Å². The first-order valence-electron chi connectivity index (χ1n) is 6.08. The van der Waals surface area contributed by atoms with Gasteiger partial charge in [0.05, 0.1) is 0 Å². The van der Waals surface area contributed by atoms with Crippen molar-refractivity contribution in [3.63, 3.8) is 0 Å². The second-order valence-electron chi connectivity index (χ2n) is 4.61. The lowest BCUT2D eigenvalue weighted by Crippen LogP contribution is -2.15. The first-order valence-corrected chi connectivity index (χ1v) is 7.16. The maximum Gasteiger partial charge on any atom is 0.356 e. The molecule has 1 unspecified atom stereocenters. The lowest BCUT2D eigenvalue weighted by Gasteiger charge is -2.22. The molecule has 0 saturated heterocycles. The van der Waals surface area contributed by atoms with E-state index in [0.29, 0.717) is 0 Å². The van der Waals surface area contributed by atoms with Crippen LogP contribution in [0.3, 0.4) is 0 Å². The highest BCUT2D eigenvalue weighted by Gasteiger charge is 2.30. The zero-order valence-electron chi connectivity index (χ0n) is 10.1. The van der Waals surface area contributed by atoms with Crippen LogP contribution in [0.4, 0.5) is 0 Å². The Bertz CT molecular complexity index is 639. The fraction of sp³-hybridized carbons (Fsp3) is 0.308. The normalized spacial score (nSPS) is 18.1. The zero-order chi connectivity index (χ0) is 13.4. The van der Waals surface area contributed by atoms with Gasteiger partial charge < -0.3 is 5.11 Å². The van der Waals surface area contributed by atoms with Crippen LogP contribution in [0.25, 0.3) is 0 Å². The van der Waals surface area contributed by atoms with Crippen molar-refractivity contribution in [1.82, 2.24) is 15.2 Å². The summed E-state index contributed by atoms with van der Waals surface area (Å²) in [6.07, 6.45) is 4.56. The maximum absolute atomic E-state index is 11.3. The van der Waals surface area contributed by atoms with Crippen LogP contribution in [0.5, 0.6) is 0 Å². The van der Waals surface area contributed by atoms with Crippen molar-refractivity contribution in [3.05, 3.63) is 44.5 Å². The van der Waals surface area contributed by atoms with Gasteiger partial charge in [-0.2, -0.15) is 5.10 Å². The molecule has 0 amide bonds. The fourth-order valence-corrected chi connectivity index (χ4v) is 3.13. The Morgan fingerprint density at radius 1 is 1.53 bits per heavy atom. The molecule has 2 N–H and O–H groups in total. The molecule has 1 aliphatic rings. The third-order valence-corrected chi connectivity index (χ3v) is 4.12. The number of hydrogen-bond acceptors (Lipinski definition) is 3. The molecule has 1 aliphatic carbocycles. The van der Waals surface area contributed by atoms with Crippen LogP contribution < -0.4 is 0 Å². The van der Waals surface area contributed by atoms with Gasteiger partial charge in [0.15, 0.2) is 5.69 Å². The van der Waals surface area contributed by atoms with E-state index in [1.165, 1.54) is 0 Å². The van der Waals surface area contributed by atoms with E-state index in [1.807, 2.05) is 12.1 Å². The molecule has 6 heteroatoms. The van der Waals surface area contributed by atoms with Crippen LogP contribution in [-0.2, 0) is 6.42 Å². The molecule has 2 aromatic rings. The molecule has 3 rings (SSSR count). The number of halogens is 1. The summed E-state index contributed by atoms with van der Waals surface area (Å²) < 4.78 is 1.11. The van der Waals surface area contributed by atoms with Crippen LogP contribution in [-0.4, -0.2) is 26.3 Å². The molecule has 0 fully saturated rings. The van der Waals surface area contributed by atoms with Crippen LogP contribution >= 0.6 is 22.6 Å². The van der Waals surface area contributed by atoms with Crippen molar-refractivity contribution < 1.29 is 9.90 Å². The summed E-state index contributed by atoms with van der Waals surface area (Å²) in [4.78, 5) is 15.7. The van der Waals surface area contributed by atoms with Gasteiger partial charge in [0.1, 0.15) is 0 Å². The summed E-state index contributed by atoms with van der Waals surface area (Å²) in [5, 5.41) is 16.0. The Morgan fingerprint density at radius 3 is 3.11 bits per heavy atom. The van der Waals surface area contributed by atoms with Crippen molar-refractivity contribution in [2.75, 3.05) is 0 Å². The smallest absolute Gasteiger partial charge is 0.356 e. The third-order valence-electron chi connectivity index (χ3n) is 3.45. The lowest BCUT2D eigenvalue weighted by molar-refractivity contribution is 0.0688. The van der Waals surface area contributed by atoms with Crippen molar-refractivity contribution in [1.29, 1.82) is 0 Å². The number of aromatic amines is 1. The number of aromatic carboxylic acids is 1. The van der Waals surface area contributed by atoms with Crippen LogP contribution in [0.2, 0.25) is 0 Å². The molecular formula is C13H12IN3O2. The quantitative estimate of drug-likeness (QED) is 0.798. The Hall–Kier alpha value is -1.44. The minimum atomic E-state index is -0.977. The number of rotatable bonds is 2. The SMILES string of the molecule is O=C(O)c1n[nH]c2c1C(c1cc(I)ccn1)CCC2. The average molecular weight is 369 g/mol. The van der Waals surface area contributed by atoms with Crippen molar-refractivity contribution in [3.8, 4) is 0 Å². The second-order valence-corrected chi connectivity index (χ2v) is 5.86. The fourth-order valence-electron chi connectivity index (χ4n) is 2.65. The molecule has 5 nitrogen and oxygen atoms in total. The molecule has 0 saturated carbocycles. The van der Waals surface area contributed by atoms with Gasteiger partial charge in [0.25, 0.3) is 0 Å². The molecule has 2 heterocycles. The Kier molecular flexibility index (Phi) is 3.26. The number of carbonyl (C=O) groups is 1. The van der Waals surface area contributed by atoms with Gasteiger partial charge in [-0.3, -0.25) is 10.1 Å². The number of carboxylic acids is 1. The molecule has 0 radical (unpaired) electrons. The lowest BCUT2D eigenvalue weighted by atomic mass is 9.83. The molecule has 0 aliphatic heterocycles. The van der Waals surface area contributed by atoms with Crippen molar-refractivity contribution in [2.24, 2.45) is 0 Å². The second kappa shape index (κ2) is 4.92. The highest BCUT2D eigenvalue weighted by atomic mass is 127. The molecule has 0 spiro atoms. The minimum absolute atomic E-state index is 0.0308. The van der Waals surface area contributed by atoms with E-state index in [0.717, 1.165) is 39.8 Å². The summed E-state index contributed by atoms with van der Waals surface area (Å²) in [5.41, 5.74) is 2.82. The summed E-state index contributed by atoms with van der Waals surface area (Å²) in [7, 11) is 0. The van der Waals surface area contributed by atoms with Gasteiger partial charge >= 0.3 is 5.97 Å². The molecule has 0 bridgehead atoms. The molecule has 2 aromatic heterocycles. The number of fused-ring (bicyclic) bond motifs is 1. The van der Waals surface area contributed by atoms with E-state index < -0.39 is 5.97 Å². The molecule has 19 heavy (non-hydrogen) atoms. The first-order chi connectivity index (χ1) is 9.16. The van der Waals surface area contributed by atoms with E-state index in [1.54, 1.807) is 6.20 Å². The van der Waals surface area contributed by atoms with Gasteiger partial charge in [0, 0.05) is 32.6 Å². The molecular weight excluding hydrogens is 357 g/mol. The van der Waals surface area contributed by atoms with E-state index in [4.69, 9.17) is 0 Å². The van der Waals surface area contributed by atoms with E-state index in [2.05, 4.69) is 37.8 Å². The predicted octanol–water partition coefficient (Wildman–Crippen LogP) is 2.58. The van der Waals surface area contributed by atoms with Crippen LogP contribution in [0.15, 0.2) is 18.3 Å². The number of aryl methyl sites for hydroxylation is 1. The molecule has 0 aromatic carbocycles. The van der Waals surface area contributed by atoms with Crippen LogP contribution in [0, 0.1) is 3.57 Å². The van der Waals surface area contributed by atoms with Gasteiger partial charge in [-0.25, -0.2) is 4.79 Å². The van der Waals surface area contributed by atoms with Crippen molar-refractivity contribution >= 4 is 28.6 Å². The van der Waals surface area contributed by atoms with Crippen molar-refractivity contribution in [2.45, 2.75) is 25.2 Å². The summed E-state index contributed by atoms with van der Waals surface area (Å²) in [5.74, 6) is -0.946. The first kappa shape index (κ1) is 12.6. The van der Waals surface area contributed by atoms with E-state index >= 15 is 0 Å². The van der Waals surface area contributed by atoms with Gasteiger partial charge in [0.2, 0.25) is 0 Å². The maximum atomic E-state index is 11.3.